The van der Waals surface area contributed by atoms with Crippen LogP contribution in [0.5, 0.6) is 0 Å². The third kappa shape index (κ3) is 2.54. The zero-order valence-corrected chi connectivity index (χ0v) is 8.72. The summed E-state index contributed by atoms with van der Waals surface area (Å²) in [4.78, 5) is 19.3. The van der Waals surface area contributed by atoms with Crippen LogP contribution in [0, 0.1) is 5.82 Å². The van der Waals surface area contributed by atoms with Gasteiger partial charge in [-0.15, -0.1) is 0 Å². The van der Waals surface area contributed by atoms with Crippen molar-refractivity contribution >= 4 is 17.3 Å². The highest BCUT2D eigenvalue weighted by atomic mass is 19.1. The number of amides is 1. The molecule has 2 aromatic rings. The molecule has 1 aromatic carbocycles. The molecule has 0 aliphatic heterocycles. The van der Waals surface area contributed by atoms with E-state index in [1.54, 1.807) is 0 Å². The van der Waals surface area contributed by atoms with Crippen LogP contribution in [0.4, 0.5) is 15.8 Å². The molecule has 0 saturated heterocycles. The zero-order valence-electron chi connectivity index (χ0n) is 8.72. The van der Waals surface area contributed by atoms with Gasteiger partial charge in [0.25, 0.3) is 5.91 Å². The van der Waals surface area contributed by atoms with Crippen LogP contribution >= 0.6 is 0 Å². The van der Waals surface area contributed by atoms with Crippen LogP contribution < -0.4 is 11.1 Å². The molecule has 1 amide bonds. The van der Waals surface area contributed by atoms with Gasteiger partial charge < -0.3 is 11.1 Å². The highest BCUT2D eigenvalue weighted by molar-refractivity contribution is 6.02. The molecule has 0 fully saturated rings. The Morgan fingerprint density at radius 2 is 2.18 bits per heavy atom. The van der Waals surface area contributed by atoms with Crippen molar-refractivity contribution < 1.29 is 9.18 Å². The summed E-state index contributed by atoms with van der Waals surface area (Å²) in [5, 5.41) is 2.54. The Labute approximate surface area is 96.5 Å². The number of rotatable bonds is 2. The summed E-state index contributed by atoms with van der Waals surface area (Å²) in [7, 11) is 0. The average Bonchev–Trinajstić information content (AvgIpc) is 2.35. The number of carbonyl (C=O) groups excluding carboxylic acids is 1. The van der Waals surface area contributed by atoms with Gasteiger partial charge in [0.2, 0.25) is 0 Å². The number of hydrogen-bond acceptors (Lipinski definition) is 4. The smallest absolute Gasteiger partial charge is 0.275 e. The summed E-state index contributed by atoms with van der Waals surface area (Å²) in [5.74, 6) is -0.952. The van der Waals surface area contributed by atoms with E-state index in [1.165, 1.54) is 36.8 Å². The SMILES string of the molecule is Nc1cc(NC(=O)c2cnccn2)ccc1F. The van der Waals surface area contributed by atoms with Crippen LogP contribution in [0.3, 0.4) is 0 Å². The van der Waals surface area contributed by atoms with Crippen molar-refractivity contribution in [1.82, 2.24) is 9.97 Å². The summed E-state index contributed by atoms with van der Waals surface area (Å²) >= 11 is 0. The van der Waals surface area contributed by atoms with Crippen LogP contribution in [0.2, 0.25) is 0 Å². The van der Waals surface area contributed by atoms with Crippen molar-refractivity contribution in [3.63, 3.8) is 0 Å². The quantitative estimate of drug-likeness (QED) is 0.768. The molecule has 1 heterocycles. The van der Waals surface area contributed by atoms with E-state index < -0.39 is 11.7 Å². The average molecular weight is 232 g/mol. The molecule has 0 spiro atoms. The van der Waals surface area contributed by atoms with Gasteiger partial charge in [-0.2, -0.15) is 0 Å². The molecule has 0 aliphatic rings. The number of hydrogen-bond donors (Lipinski definition) is 2. The van der Waals surface area contributed by atoms with Crippen molar-refractivity contribution in [3.05, 3.63) is 48.3 Å². The Hall–Kier alpha value is -2.50. The maximum absolute atomic E-state index is 12.9. The van der Waals surface area contributed by atoms with Crippen LogP contribution in [0.1, 0.15) is 10.5 Å². The van der Waals surface area contributed by atoms with E-state index in [1.807, 2.05) is 0 Å². The Kier molecular flexibility index (Phi) is 2.95. The van der Waals surface area contributed by atoms with Gasteiger partial charge in [0.1, 0.15) is 11.5 Å². The third-order valence-electron chi connectivity index (χ3n) is 2.05. The van der Waals surface area contributed by atoms with E-state index in [9.17, 15) is 9.18 Å². The molecule has 0 atom stereocenters. The lowest BCUT2D eigenvalue weighted by molar-refractivity contribution is 0.102. The largest absolute Gasteiger partial charge is 0.396 e. The first kappa shape index (κ1) is 11.0. The monoisotopic (exact) mass is 232 g/mol. The molecule has 2 rings (SSSR count). The fraction of sp³-hybridized carbons (Fsp3) is 0. The second kappa shape index (κ2) is 4.56. The topological polar surface area (TPSA) is 80.9 Å². The molecule has 86 valence electrons. The molecular formula is C11H9FN4O. The van der Waals surface area contributed by atoms with Crippen LogP contribution in [0.15, 0.2) is 36.8 Å². The maximum atomic E-state index is 12.9. The fourth-order valence-corrected chi connectivity index (χ4v) is 1.23. The van der Waals surface area contributed by atoms with E-state index in [2.05, 4.69) is 15.3 Å². The van der Waals surface area contributed by atoms with Gasteiger partial charge in [0, 0.05) is 18.1 Å². The molecule has 6 heteroatoms. The van der Waals surface area contributed by atoms with Gasteiger partial charge >= 0.3 is 0 Å². The summed E-state index contributed by atoms with van der Waals surface area (Å²) < 4.78 is 12.9. The Balaban J connectivity index is 2.16. The number of benzene rings is 1. The zero-order chi connectivity index (χ0) is 12.3. The minimum Gasteiger partial charge on any atom is -0.396 e. The number of halogens is 1. The number of carbonyl (C=O) groups is 1. The number of aromatic nitrogens is 2. The van der Waals surface area contributed by atoms with Crippen molar-refractivity contribution in [2.45, 2.75) is 0 Å². The second-order valence-electron chi connectivity index (χ2n) is 3.28. The molecule has 0 unspecified atom stereocenters. The molecule has 1 aromatic heterocycles. The van der Waals surface area contributed by atoms with Gasteiger partial charge in [0.05, 0.1) is 11.9 Å². The predicted molar refractivity (Wildman–Crippen MR) is 60.8 cm³/mol. The number of nitrogen functional groups attached to an aromatic ring is 1. The van der Waals surface area contributed by atoms with Crippen LogP contribution in [0.25, 0.3) is 0 Å². The molecular weight excluding hydrogens is 223 g/mol. The van der Waals surface area contributed by atoms with E-state index in [4.69, 9.17) is 5.73 Å². The van der Waals surface area contributed by atoms with Gasteiger partial charge in [-0.3, -0.25) is 9.78 Å². The van der Waals surface area contributed by atoms with E-state index in [-0.39, 0.29) is 11.4 Å². The molecule has 0 saturated carbocycles. The Morgan fingerprint density at radius 1 is 1.35 bits per heavy atom. The molecule has 5 nitrogen and oxygen atoms in total. The minimum atomic E-state index is -0.525. The molecule has 0 aliphatic carbocycles. The molecule has 17 heavy (non-hydrogen) atoms. The van der Waals surface area contributed by atoms with Crippen LogP contribution in [-0.2, 0) is 0 Å². The van der Waals surface area contributed by atoms with E-state index >= 15 is 0 Å². The number of anilines is 2. The highest BCUT2D eigenvalue weighted by Gasteiger charge is 2.08. The van der Waals surface area contributed by atoms with Gasteiger partial charge in [0.15, 0.2) is 0 Å². The summed E-state index contributed by atoms with van der Waals surface area (Å²) in [6, 6.07) is 3.94. The van der Waals surface area contributed by atoms with Gasteiger partial charge in [-0.25, -0.2) is 9.37 Å². The first-order valence-corrected chi connectivity index (χ1v) is 4.79. The Morgan fingerprint density at radius 3 is 2.82 bits per heavy atom. The first-order valence-electron chi connectivity index (χ1n) is 4.79. The molecule has 0 bridgehead atoms. The fourth-order valence-electron chi connectivity index (χ4n) is 1.23. The van der Waals surface area contributed by atoms with Crippen molar-refractivity contribution in [1.29, 1.82) is 0 Å². The molecule has 0 radical (unpaired) electrons. The van der Waals surface area contributed by atoms with Crippen molar-refractivity contribution in [3.8, 4) is 0 Å². The first-order chi connectivity index (χ1) is 8.16. The van der Waals surface area contributed by atoms with Crippen molar-refractivity contribution in [2.24, 2.45) is 0 Å². The second-order valence-corrected chi connectivity index (χ2v) is 3.28. The lowest BCUT2D eigenvalue weighted by Crippen LogP contribution is -2.14. The molecule has 3 N–H and O–H groups in total. The summed E-state index contributed by atoms with van der Waals surface area (Å²) in [5.41, 5.74) is 5.93. The highest BCUT2D eigenvalue weighted by Crippen LogP contribution is 2.16. The third-order valence-corrected chi connectivity index (χ3v) is 2.05. The minimum absolute atomic E-state index is 0.0260. The Bertz CT molecular complexity index is 544. The number of nitrogens with two attached hydrogens (primary N) is 1. The number of nitrogens with zero attached hydrogens (tertiary/aromatic N) is 2. The van der Waals surface area contributed by atoms with E-state index in [0.717, 1.165) is 0 Å². The van der Waals surface area contributed by atoms with Gasteiger partial charge in [-0.05, 0) is 18.2 Å². The standard InChI is InChI=1S/C11H9FN4O/c12-8-2-1-7(5-9(8)13)16-11(17)10-6-14-3-4-15-10/h1-6H,13H2,(H,16,17). The van der Waals surface area contributed by atoms with E-state index in [0.29, 0.717) is 5.69 Å². The van der Waals surface area contributed by atoms with Crippen molar-refractivity contribution in [2.75, 3.05) is 11.1 Å². The predicted octanol–water partition coefficient (Wildman–Crippen LogP) is 1.45. The lowest BCUT2D eigenvalue weighted by atomic mass is 10.2. The lowest BCUT2D eigenvalue weighted by Gasteiger charge is -2.05. The maximum Gasteiger partial charge on any atom is 0.275 e. The van der Waals surface area contributed by atoms with Crippen LogP contribution in [-0.4, -0.2) is 15.9 Å². The number of nitrogens with one attached hydrogen (secondary N) is 1. The normalized spacial score (nSPS) is 9.94. The summed E-state index contributed by atoms with van der Waals surface area (Å²) in [6.07, 6.45) is 4.21. The summed E-state index contributed by atoms with van der Waals surface area (Å²) in [6.45, 7) is 0. The van der Waals surface area contributed by atoms with Gasteiger partial charge in [-0.1, -0.05) is 0 Å².